The monoisotopic (exact) mass is 372 g/mol. The molecule has 22 heavy (non-hydrogen) atoms. The highest BCUT2D eigenvalue weighted by atomic mass is 35.5. The maximum absolute atomic E-state index is 12.1. The smallest absolute Gasteiger partial charge is 0.244 e. The van der Waals surface area contributed by atoms with Crippen LogP contribution in [0, 0.1) is 0 Å². The molecule has 128 valence electrons. The van der Waals surface area contributed by atoms with Crippen LogP contribution in [0.15, 0.2) is 29.4 Å². The lowest BCUT2D eigenvalue weighted by Gasteiger charge is -2.16. The van der Waals surface area contributed by atoms with Crippen LogP contribution in [-0.2, 0) is 14.8 Å². The third kappa shape index (κ3) is 7.37. The first-order valence-electron chi connectivity index (χ1n) is 6.22. The van der Waals surface area contributed by atoms with Crippen molar-refractivity contribution in [3.63, 3.8) is 0 Å². The van der Waals surface area contributed by atoms with Gasteiger partial charge in [-0.2, -0.15) is 4.31 Å². The predicted octanol–water partition coefficient (Wildman–Crippen LogP) is 0.399. The average Bonchev–Trinajstić information content (AvgIpc) is 2.39. The number of hydrogen-bond donors (Lipinski definition) is 2. The van der Waals surface area contributed by atoms with Gasteiger partial charge in [0.15, 0.2) is 0 Å². The Morgan fingerprint density at radius 3 is 2.59 bits per heavy atom. The average molecular weight is 373 g/mol. The molecule has 0 bridgehead atoms. The summed E-state index contributed by atoms with van der Waals surface area (Å²) in [5, 5.41) is 2.63. The summed E-state index contributed by atoms with van der Waals surface area (Å²) in [6, 6.07) is 2.96. The number of carbonyl (C=O) groups is 1. The van der Waals surface area contributed by atoms with Crippen molar-refractivity contribution in [2.75, 3.05) is 20.1 Å². The van der Waals surface area contributed by atoms with Gasteiger partial charge in [0.1, 0.15) is 4.90 Å². The highest BCUT2D eigenvalue weighted by Crippen LogP contribution is 2.11. The van der Waals surface area contributed by atoms with Gasteiger partial charge in [-0.05, 0) is 25.5 Å². The first-order chi connectivity index (χ1) is 9.34. The van der Waals surface area contributed by atoms with E-state index in [2.05, 4.69) is 10.3 Å². The molecule has 1 aromatic rings. The Labute approximate surface area is 143 Å². The molecule has 0 spiro atoms. The van der Waals surface area contributed by atoms with E-state index in [0.29, 0.717) is 13.0 Å². The lowest BCUT2D eigenvalue weighted by Crippen LogP contribution is -2.39. The molecule has 0 saturated heterocycles. The SMILES string of the molecule is CC(N)CCNC(=O)CN(C)S(=O)(=O)c1cccnc1.Cl.Cl. The topological polar surface area (TPSA) is 105 Å². The molecule has 1 heterocycles. The molecule has 0 saturated carbocycles. The minimum absolute atomic E-state index is 0. The third-order valence-corrected chi connectivity index (χ3v) is 4.42. The Bertz CT molecular complexity index is 541. The van der Waals surface area contributed by atoms with Crippen LogP contribution < -0.4 is 11.1 Å². The minimum Gasteiger partial charge on any atom is -0.355 e. The number of nitrogens with one attached hydrogen (secondary N) is 1. The first kappa shape index (κ1) is 23.3. The first-order valence-corrected chi connectivity index (χ1v) is 7.66. The number of likely N-dealkylation sites (N-methyl/N-ethyl adjacent to an activating group) is 1. The van der Waals surface area contributed by atoms with Crippen molar-refractivity contribution in [2.45, 2.75) is 24.3 Å². The van der Waals surface area contributed by atoms with Gasteiger partial charge in [-0.1, -0.05) is 0 Å². The second-order valence-electron chi connectivity index (χ2n) is 4.57. The number of amides is 1. The van der Waals surface area contributed by atoms with Crippen LogP contribution in [0.3, 0.4) is 0 Å². The molecule has 1 rings (SSSR count). The molecular weight excluding hydrogens is 351 g/mol. The standard InChI is InChI=1S/C12H20N4O3S.2ClH/c1-10(13)5-7-15-12(17)9-16(2)20(18,19)11-4-3-6-14-8-11;;/h3-4,6,8,10H,5,7,9,13H2,1-2H3,(H,15,17);2*1H. The number of rotatable bonds is 7. The van der Waals surface area contributed by atoms with E-state index in [4.69, 9.17) is 5.73 Å². The van der Waals surface area contributed by atoms with Crippen LogP contribution in [0.2, 0.25) is 0 Å². The number of sulfonamides is 1. The van der Waals surface area contributed by atoms with Crippen LogP contribution >= 0.6 is 24.8 Å². The summed E-state index contributed by atoms with van der Waals surface area (Å²) in [4.78, 5) is 15.5. The van der Waals surface area contributed by atoms with Gasteiger partial charge in [-0.25, -0.2) is 8.42 Å². The van der Waals surface area contributed by atoms with Crippen LogP contribution in [0.5, 0.6) is 0 Å². The van der Waals surface area contributed by atoms with Gasteiger partial charge in [-0.3, -0.25) is 9.78 Å². The van der Waals surface area contributed by atoms with E-state index in [-0.39, 0.29) is 48.2 Å². The maximum Gasteiger partial charge on any atom is 0.244 e. The van der Waals surface area contributed by atoms with Crippen molar-refractivity contribution >= 4 is 40.7 Å². The van der Waals surface area contributed by atoms with E-state index in [1.165, 1.54) is 31.6 Å². The Morgan fingerprint density at radius 2 is 2.09 bits per heavy atom. The van der Waals surface area contributed by atoms with Gasteiger partial charge in [0.2, 0.25) is 15.9 Å². The normalized spacial score (nSPS) is 12.0. The van der Waals surface area contributed by atoms with Gasteiger partial charge in [0.05, 0.1) is 6.54 Å². The summed E-state index contributed by atoms with van der Waals surface area (Å²) in [5.41, 5.74) is 5.56. The zero-order valence-corrected chi connectivity index (χ0v) is 14.9. The minimum atomic E-state index is -3.69. The Balaban J connectivity index is 0. The number of pyridine rings is 1. The van der Waals surface area contributed by atoms with Gasteiger partial charge in [0, 0.05) is 32.0 Å². The van der Waals surface area contributed by atoms with Gasteiger partial charge < -0.3 is 11.1 Å². The van der Waals surface area contributed by atoms with Gasteiger partial charge in [-0.15, -0.1) is 24.8 Å². The van der Waals surface area contributed by atoms with E-state index in [9.17, 15) is 13.2 Å². The number of carbonyl (C=O) groups excluding carboxylic acids is 1. The molecule has 0 radical (unpaired) electrons. The predicted molar refractivity (Wildman–Crippen MR) is 89.8 cm³/mol. The summed E-state index contributed by atoms with van der Waals surface area (Å²) >= 11 is 0. The van der Waals surface area contributed by atoms with Gasteiger partial charge in [0.25, 0.3) is 0 Å². The summed E-state index contributed by atoms with van der Waals surface area (Å²) < 4.78 is 25.3. The van der Waals surface area contributed by atoms with Crippen LogP contribution in [-0.4, -0.2) is 49.8 Å². The summed E-state index contributed by atoms with van der Waals surface area (Å²) in [5.74, 6) is -0.361. The van der Waals surface area contributed by atoms with Gasteiger partial charge >= 0.3 is 0 Å². The second kappa shape index (κ2) is 10.7. The number of nitrogens with two attached hydrogens (primary N) is 1. The lowest BCUT2D eigenvalue weighted by atomic mass is 10.2. The molecule has 10 heteroatoms. The zero-order chi connectivity index (χ0) is 15.2. The second-order valence-corrected chi connectivity index (χ2v) is 6.61. The molecule has 1 atom stereocenters. The fourth-order valence-corrected chi connectivity index (χ4v) is 2.55. The van der Waals surface area contributed by atoms with E-state index in [1.807, 2.05) is 6.92 Å². The molecule has 7 nitrogen and oxygen atoms in total. The summed E-state index contributed by atoms with van der Waals surface area (Å²) in [6.45, 7) is 2.03. The highest BCUT2D eigenvalue weighted by molar-refractivity contribution is 7.89. The zero-order valence-electron chi connectivity index (χ0n) is 12.4. The molecule has 0 fully saturated rings. The van der Waals surface area contributed by atoms with Crippen LogP contribution in [0.25, 0.3) is 0 Å². The largest absolute Gasteiger partial charge is 0.355 e. The Morgan fingerprint density at radius 1 is 1.45 bits per heavy atom. The molecular formula is C12H22Cl2N4O3S. The molecule has 3 N–H and O–H groups in total. The highest BCUT2D eigenvalue weighted by Gasteiger charge is 2.22. The molecule has 0 aliphatic rings. The quantitative estimate of drug-likeness (QED) is 0.720. The van der Waals surface area contributed by atoms with Crippen molar-refractivity contribution in [2.24, 2.45) is 5.73 Å². The number of hydrogen-bond acceptors (Lipinski definition) is 5. The van der Waals surface area contributed by atoms with E-state index < -0.39 is 10.0 Å². The van der Waals surface area contributed by atoms with Crippen LogP contribution in [0.4, 0.5) is 0 Å². The summed E-state index contributed by atoms with van der Waals surface area (Å²) in [6.07, 6.45) is 3.38. The number of halogens is 2. The molecule has 1 amide bonds. The van der Waals surface area contributed by atoms with E-state index in [0.717, 1.165) is 4.31 Å². The maximum atomic E-state index is 12.1. The van der Waals surface area contributed by atoms with Crippen molar-refractivity contribution in [1.82, 2.24) is 14.6 Å². The Hall–Kier alpha value is -0.930. The molecule has 0 aliphatic carbocycles. The van der Waals surface area contributed by atoms with Crippen LogP contribution in [0.1, 0.15) is 13.3 Å². The fourth-order valence-electron chi connectivity index (χ4n) is 1.46. The van der Waals surface area contributed by atoms with E-state index in [1.54, 1.807) is 0 Å². The lowest BCUT2D eigenvalue weighted by molar-refractivity contribution is -0.121. The molecule has 0 aromatic carbocycles. The van der Waals surface area contributed by atoms with Crippen molar-refractivity contribution in [1.29, 1.82) is 0 Å². The summed E-state index contributed by atoms with van der Waals surface area (Å²) in [7, 11) is -2.34. The Kier molecular flexibility index (Phi) is 11.4. The molecule has 1 unspecified atom stereocenters. The van der Waals surface area contributed by atoms with E-state index >= 15 is 0 Å². The van der Waals surface area contributed by atoms with Crippen molar-refractivity contribution in [3.8, 4) is 0 Å². The molecule has 1 aromatic heterocycles. The number of aromatic nitrogens is 1. The van der Waals surface area contributed by atoms with Crippen molar-refractivity contribution in [3.05, 3.63) is 24.5 Å². The van der Waals surface area contributed by atoms with Crippen molar-refractivity contribution < 1.29 is 13.2 Å². The number of nitrogens with zero attached hydrogens (tertiary/aromatic N) is 2. The third-order valence-electron chi connectivity index (χ3n) is 2.63. The fraction of sp³-hybridized carbons (Fsp3) is 0.500. The molecule has 0 aliphatic heterocycles.